The molecule has 0 bridgehead atoms. The lowest BCUT2D eigenvalue weighted by atomic mass is 9.98. The molecule has 0 rings (SSSR count). The van der Waals surface area contributed by atoms with Crippen molar-refractivity contribution in [3.8, 4) is 0 Å². The van der Waals surface area contributed by atoms with Crippen molar-refractivity contribution in [1.82, 2.24) is 10.6 Å². The average Bonchev–Trinajstić information content (AvgIpc) is 2.35. The van der Waals surface area contributed by atoms with Gasteiger partial charge in [-0.2, -0.15) is 0 Å². The topological polar surface area (TPSA) is 87.7 Å². The molecule has 0 heterocycles. The van der Waals surface area contributed by atoms with Crippen LogP contribution in [0, 0.1) is 11.8 Å². The second-order valence-corrected chi connectivity index (χ2v) is 5.59. The molecule has 2 amide bonds. The van der Waals surface area contributed by atoms with E-state index < -0.39 is 6.04 Å². The number of hydrogen-bond donors (Lipinski definition) is 3. The molecule has 3 N–H and O–H groups in total. The van der Waals surface area contributed by atoms with Crippen LogP contribution < -0.4 is 10.6 Å². The molecule has 6 nitrogen and oxygen atoms in total. The third-order valence-corrected chi connectivity index (χ3v) is 3.11. The molecule has 0 aliphatic rings. The van der Waals surface area contributed by atoms with Crippen LogP contribution in [0.15, 0.2) is 0 Å². The number of aliphatic hydroxyl groups excluding tert-OH is 1. The summed E-state index contributed by atoms with van der Waals surface area (Å²) in [6, 6.07) is -0.703. The summed E-state index contributed by atoms with van der Waals surface area (Å²) in [6.45, 7) is 7.65. The molecule has 0 aliphatic carbocycles. The first-order chi connectivity index (χ1) is 9.33. The van der Waals surface area contributed by atoms with Gasteiger partial charge in [0.05, 0.1) is 0 Å². The maximum atomic E-state index is 12.3. The number of aliphatic hydroxyl groups is 1. The Hall–Kier alpha value is -1.14. The van der Waals surface area contributed by atoms with Crippen LogP contribution in [0.3, 0.4) is 0 Å². The standard InChI is InChI=1S/C14H28N2O4/c1-9(2)11(6-7-17)15-14(19)13(10(3)4)16-12(18)8-20-5/h9-11,13,17H,6-8H2,1-5H3,(H,15,19)(H,16,18)/t11-,13+/m1/s1. The monoisotopic (exact) mass is 288 g/mol. The van der Waals surface area contributed by atoms with Gasteiger partial charge < -0.3 is 20.5 Å². The highest BCUT2D eigenvalue weighted by atomic mass is 16.5. The number of methoxy groups -OCH3 is 1. The molecule has 0 saturated carbocycles. The van der Waals surface area contributed by atoms with Crippen molar-refractivity contribution in [3.05, 3.63) is 0 Å². The Bertz CT molecular complexity index is 306. The first kappa shape index (κ1) is 18.9. The summed E-state index contributed by atoms with van der Waals surface area (Å²) in [6.07, 6.45) is 0.500. The van der Waals surface area contributed by atoms with Crippen molar-refractivity contribution in [2.75, 3.05) is 20.3 Å². The molecule has 0 aliphatic heterocycles. The maximum absolute atomic E-state index is 12.3. The van der Waals surface area contributed by atoms with Gasteiger partial charge in [0.15, 0.2) is 0 Å². The highest BCUT2D eigenvalue weighted by Crippen LogP contribution is 2.08. The van der Waals surface area contributed by atoms with Crippen molar-refractivity contribution in [2.45, 2.75) is 46.2 Å². The summed E-state index contributed by atoms with van der Waals surface area (Å²) in [5, 5.41) is 14.6. The third kappa shape index (κ3) is 6.86. The normalized spacial score (nSPS) is 14.2. The Morgan fingerprint density at radius 2 is 1.70 bits per heavy atom. The Balaban J connectivity index is 4.66. The number of ether oxygens (including phenoxy) is 1. The van der Waals surface area contributed by atoms with Crippen LogP contribution in [-0.4, -0.2) is 49.3 Å². The number of hydrogen-bond acceptors (Lipinski definition) is 4. The largest absolute Gasteiger partial charge is 0.396 e. The summed E-state index contributed by atoms with van der Waals surface area (Å²) < 4.78 is 4.75. The van der Waals surface area contributed by atoms with E-state index in [1.54, 1.807) is 0 Å². The molecular formula is C14H28N2O4. The highest BCUT2D eigenvalue weighted by molar-refractivity contribution is 5.88. The number of rotatable bonds is 9. The molecule has 0 fully saturated rings. The lowest BCUT2D eigenvalue weighted by molar-refractivity contribution is -0.132. The van der Waals surface area contributed by atoms with Gasteiger partial charge in [0, 0.05) is 19.8 Å². The van der Waals surface area contributed by atoms with Gasteiger partial charge in [-0.15, -0.1) is 0 Å². The molecule has 0 aromatic heterocycles. The van der Waals surface area contributed by atoms with E-state index in [0.717, 1.165) is 0 Å². The third-order valence-electron chi connectivity index (χ3n) is 3.11. The zero-order valence-corrected chi connectivity index (χ0v) is 13.1. The second kappa shape index (κ2) is 9.72. The fourth-order valence-electron chi connectivity index (χ4n) is 1.86. The highest BCUT2D eigenvalue weighted by Gasteiger charge is 2.26. The summed E-state index contributed by atoms with van der Waals surface area (Å²) >= 11 is 0. The molecule has 6 heteroatoms. The van der Waals surface area contributed by atoms with Gasteiger partial charge in [0.2, 0.25) is 11.8 Å². The van der Waals surface area contributed by atoms with Gasteiger partial charge in [0.25, 0.3) is 0 Å². The van der Waals surface area contributed by atoms with E-state index >= 15 is 0 Å². The minimum atomic E-state index is -0.599. The summed E-state index contributed by atoms with van der Waals surface area (Å²) in [5.41, 5.74) is 0. The summed E-state index contributed by atoms with van der Waals surface area (Å²) in [7, 11) is 1.43. The van der Waals surface area contributed by atoms with Crippen molar-refractivity contribution in [2.24, 2.45) is 11.8 Å². The molecule has 118 valence electrons. The van der Waals surface area contributed by atoms with E-state index in [4.69, 9.17) is 9.84 Å². The predicted octanol–water partition coefficient (Wildman–Crippen LogP) is 0.297. The average molecular weight is 288 g/mol. The quantitative estimate of drug-likeness (QED) is 0.569. The van der Waals surface area contributed by atoms with Crippen LogP contribution in [0.25, 0.3) is 0 Å². The molecule has 0 radical (unpaired) electrons. The van der Waals surface area contributed by atoms with Gasteiger partial charge in [-0.05, 0) is 18.3 Å². The van der Waals surface area contributed by atoms with Crippen molar-refractivity contribution in [1.29, 1.82) is 0 Å². The van der Waals surface area contributed by atoms with E-state index in [9.17, 15) is 9.59 Å². The Kier molecular flexibility index (Phi) is 9.16. The minimum absolute atomic E-state index is 0.0194. The van der Waals surface area contributed by atoms with Gasteiger partial charge in [-0.1, -0.05) is 27.7 Å². The molecule has 2 atom stereocenters. The molecule has 0 aromatic rings. The van der Waals surface area contributed by atoms with Crippen LogP contribution in [0.4, 0.5) is 0 Å². The molecular weight excluding hydrogens is 260 g/mol. The van der Waals surface area contributed by atoms with E-state index in [1.165, 1.54) is 7.11 Å². The Morgan fingerprint density at radius 3 is 2.10 bits per heavy atom. The van der Waals surface area contributed by atoms with Crippen LogP contribution in [0.1, 0.15) is 34.1 Å². The lowest BCUT2D eigenvalue weighted by Gasteiger charge is -2.27. The van der Waals surface area contributed by atoms with Crippen LogP contribution in [0.2, 0.25) is 0 Å². The maximum Gasteiger partial charge on any atom is 0.246 e. The Morgan fingerprint density at radius 1 is 1.10 bits per heavy atom. The number of amides is 2. The van der Waals surface area contributed by atoms with E-state index in [-0.39, 0.29) is 42.9 Å². The minimum Gasteiger partial charge on any atom is -0.396 e. The van der Waals surface area contributed by atoms with Crippen LogP contribution in [-0.2, 0) is 14.3 Å². The fraction of sp³-hybridized carbons (Fsp3) is 0.857. The predicted molar refractivity (Wildman–Crippen MR) is 77.1 cm³/mol. The lowest BCUT2D eigenvalue weighted by Crippen LogP contribution is -2.53. The van der Waals surface area contributed by atoms with Crippen molar-refractivity contribution in [3.63, 3.8) is 0 Å². The first-order valence-electron chi connectivity index (χ1n) is 7.03. The van der Waals surface area contributed by atoms with Gasteiger partial charge in [0.1, 0.15) is 12.6 Å². The Labute approximate surface area is 121 Å². The van der Waals surface area contributed by atoms with E-state index in [0.29, 0.717) is 6.42 Å². The molecule has 0 unspecified atom stereocenters. The van der Waals surface area contributed by atoms with Crippen molar-refractivity contribution >= 4 is 11.8 Å². The molecule has 0 aromatic carbocycles. The van der Waals surface area contributed by atoms with Gasteiger partial charge in [-0.25, -0.2) is 0 Å². The smallest absolute Gasteiger partial charge is 0.246 e. The zero-order chi connectivity index (χ0) is 15.7. The fourth-order valence-corrected chi connectivity index (χ4v) is 1.86. The second-order valence-electron chi connectivity index (χ2n) is 5.59. The van der Waals surface area contributed by atoms with Crippen molar-refractivity contribution < 1.29 is 19.4 Å². The summed E-state index contributed by atoms with van der Waals surface area (Å²) in [4.78, 5) is 23.8. The zero-order valence-electron chi connectivity index (χ0n) is 13.1. The summed E-state index contributed by atoms with van der Waals surface area (Å²) in [5.74, 6) is -0.354. The molecule has 0 saturated heterocycles. The van der Waals surface area contributed by atoms with E-state index in [1.807, 2.05) is 27.7 Å². The van der Waals surface area contributed by atoms with Gasteiger partial charge in [-0.3, -0.25) is 9.59 Å². The number of carbonyl (C=O) groups excluding carboxylic acids is 2. The van der Waals surface area contributed by atoms with Crippen LogP contribution >= 0.6 is 0 Å². The first-order valence-corrected chi connectivity index (χ1v) is 7.03. The molecule has 0 spiro atoms. The van der Waals surface area contributed by atoms with Crippen LogP contribution in [0.5, 0.6) is 0 Å². The molecule has 20 heavy (non-hydrogen) atoms. The van der Waals surface area contributed by atoms with E-state index in [2.05, 4.69) is 10.6 Å². The number of carbonyl (C=O) groups is 2. The van der Waals surface area contributed by atoms with Gasteiger partial charge >= 0.3 is 0 Å². The number of nitrogens with one attached hydrogen (secondary N) is 2. The SMILES string of the molecule is COCC(=O)N[C@H](C(=O)N[C@H](CCO)C(C)C)C(C)C.